The summed E-state index contributed by atoms with van der Waals surface area (Å²) < 4.78 is 45.3. The Hall–Kier alpha value is -1.67. The fraction of sp³-hybridized carbons (Fsp3) is 0.562. The number of rotatable bonds is 3. The molecule has 2 atom stereocenters. The van der Waals surface area contributed by atoms with Crippen molar-refractivity contribution in [3.63, 3.8) is 0 Å². The van der Waals surface area contributed by atoms with E-state index in [1.54, 1.807) is 4.90 Å². The molecule has 1 aromatic carbocycles. The van der Waals surface area contributed by atoms with E-state index in [4.69, 9.17) is 4.74 Å². The molecular weight excluding hydrogens is 361 g/mol. The largest absolute Gasteiger partial charge is 0.573 e. The van der Waals surface area contributed by atoms with Crippen LogP contribution in [0.4, 0.5) is 18.0 Å². The summed E-state index contributed by atoms with van der Waals surface area (Å²) in [6, 6.07) is 5.28. The van der Waals surface area contributed by atoms with Gasteiger partial charge < -0.3 is 19.7 Å². The summed E-state index contributed by atoms with van der Waals surface area (Å²) in [7, 11) is 0. The summed E-state index contributed by atoms with van der Waals surface area (Å²) >= 11 is 0. The van der Waals surface area contributed by atoms with Gasteiger partial charge in [-0.25, -0.2) is 4.79 Å². The first kappa shape index (κ1) is 19.7. The zero-order valence-electron chi connectivity index (χ0n) is 13.6. The molecule has 25 heavy (non-hydrogen) atoms. The molecule has 0 aromatic heterocycles. The molecule has 2 heterocycles. The maximum atomic E-state index is 12.2. The topological polar surface area (TPSA) is 50.8 Å². The lowest BCUT2D eigenvalue weighted by molar-refractivity contribution is -0.274. The van der Waals surface area contributed by atoms with Crippen molar-refractivity contribution in [3.05, 3.63) is 29.8 Å². The van der Waals surface area contributed by atoms with Gasteiger partial charge in [0.15, 0.2) is 0 Å². The molecule has 1 N–H and O–H groups in total. The number of likely N-dealkylation sites (tertiary alicyclic amines) is 1. The zero-order valence-corrected chi connectivity index (χ0v) is 14.5. The van der Waals surface area contributed by atoms with Crippen LogP contribution in [0.1, 0.15) is 12.5 Å². The number of nitrogens with zero attached hydrogens (tertiary/aromatic N) is 1. The number of benzene rings is 1. The number of fused-ring (bicyclic) bond motifs is 1. The fourth-order valence-corrected chi connectivity index (χ4v) is 3.32. The molecule has 9 heteroatoms. The van der Waals surface area contributed by atoms with E-state index in [1.165, 1.54) is 24.3 Å². The molecular formula is C16H20ClF3N2O3. The molecule has 2 fully saturated rings. The minimum Gasteiger partial charge on any atom is -0.445 e. The highest BCUT2D eigenvalue weighted by molar-refractivity contribution is 5.85. The van der Waals surface area contributed by atoms with E-state index in [9.17, 15) is 18.0 Å². The number of halogens is 4. The van der Waals surface area contributed by atoms with Crippen molar-refractivity contribution in [1.82, 2.24) is 10.2 Å². The van der Waals surface area contributed by atoms with Gasteiger partial charge in [-0.1, -0.05) is 19.1 Å². The van der Waals surface area contributed by atoms with Crippen LogP contribution < -0.4 is 10.1 Å². The predicted molar refractivity (Wildman–Crippen MR) is 86.6 cm³/mol. The molecule has 1 aromatic rings. The van der Waals surface area contributed by atoms with Crippen molar-refractivity contribution in [2.24, 2.45) is 11.3 Å². The number of alkyl halides is 3. The van der Waals surface area contributed by atoms with Crippen LogP contribution in [-0.4, -0.2) is 43.5 Å². The van der Waals surface area contributed by atoms with E-state index in [1.807, 2.05) is 0 Å². The van der Waals surface area contributed by atoms with Gasteiger partial charge in [0.05, 0.1) is 0 Å². The molecule has 2 aliphatic heterocycles. The minimum absolute atomic E-state index is 0. The summed E-state index contributed by atoms with van der Waals surface area (Å²) in [5.41, 5.74) is 0.695. The third-order valence-electron chi connectivity index (χ3n) is 4.68. The van der Waals surface area contributed by atoms with E-state index in [-0.39, 0.29) is 36.3 Å². The normalized spacial score (nSPS) is 25.3. The van der Waals surface area contributed by atoms with Crippen LogP contribution in [0, 0.1) is 11.3 Å². The Bertz CT molecular complexity index is 612. The quantitative estimate of drug-likeness (QED) is 0.875. The van der Waals surface area contributed by atoms with Crippen molar-refractivity contribution >= 4 is 18.5 Å². The van der Waals surface area contributed by atoms with Crippen molar-refractivity contribution in [3.8, 4) is 5.75 Å². The van der Waals surface area contributed by atoms with Gasteiger partial charge in [-0.3, -0.25) is 0 Å². The highest BCUT2D eigenvalue weighted by Crippen LogP contribution is 2.38. The lowest BCUT2D eigenvalue weighted by atomic mass is 9.83. The third-order valence-corrected chi connectivity index (χ3v) is 4.68. The standard InChI is InChI=1S/C16H19F3N2O3.ClH/c1-15-9-20-6-12(15)7-21(10-15)14(22)23-8-11-2-4-13(5-3-11)24-16(17,18)19;/h2-5,12,20H,6-10H2,1H3;1H. The van der Waals surface area contributed by atoms with Crippen LogP contribution in [0.5, 0.6) is 5.75 Å². The molecule has 0 spiro atoms. The molecule has 3 rings (SSSR count). The van der Waals surface area contributed by atoms with Gasteiger partial charge in [-0.15, -0.1) is 25.6 Å². The minimum atomic E-state index is -4.72. The maximum Gasteiger partial charge on any atom is 0.573 e. The Labute approximate surface area is 149 Å². The molecule has 2 saturated heterocycles. The van der Waals surface area contributed by atoms with Crippen LogP contribution >= 0.6 is 12.4 Å². The fourth-order valence-electron chi connectivity index (χ4n) is 3.32. The average molecular weight is 381 g/mol. The Morgan fingerprint density at radius 3 is 2.64 bits per heavy atom. The molecule has 0 radical (unpaired) electrons. The number of carbonyl (C=O) groups is 1. The highest BCUT2D eigenvalue weighted by atomic mass is 35.5. The summed E-state index contributed by atoms with van der Waals surface area (Å²) in [5, 5.41) is 3.33. The molecule has 0 bridgehead atoms. The van der Waals surface area contributed by atoms with Crippen LogP contribution in [-0.2, 0) is 11.3 Å². The Balaban J connectivity index is 0.00000225. The van der Waals surface area contributed by atoms with Gasteiger partial charge in [0.2, 0.25) is 0 Å². The molecule has 5 nitrogen and oxygen atoms in total. The Morgan fingerprint density at radius 1 is 1.36 bits per heavy atom. The van der Waals surface area contributed by atoms with E-state index in [2.05, 4.69) is 17.0 Å². The van der Waals surface area contributed by atoms with Gasteiger partial charge in [-0.2, -0.15) is 0 Å². The first-order chi connectivity index (χ1) is 11.3. The molecule has 2 unspecified atom stereocenters. The van der Waals surface area contributed by atoms with Crippen molar-refractivity contribution in [1.29, 1.82) is 0 Å². The number of amides is 1. The van der Waals surface area contributed by atoms with E-state index in [0.717, 1.165) is 13.1 Å². The smallest absolute Gasteiger partial charge is 0.445 e. The molecule has 0 aliphatic carbocycles. The van der Waals surface area contributed by atoms with Gasteiger partial charge in [0.1, 0.15) is 12.4 Å². The van der Waals surface area contributed by atoms with Crippen LogP contribution in [0.15, 0.2) is 24.3 Å². The SMILES string of the molecule is CC12CNCC1CN(C(=O)OCc1ccc(OC(F)(F)F)cc1)C2.Cl. The molecule has 2 aliphatic rings. The van der Waals surface area contributed by atoms with Crippen molar-refractivity contribution in [2.75, 3.05) is 26.2 Å². The summed E-state index contributed by atoms with van der Waals surface area (Å²) in [5.74, 6) is 0.134. The predicted octanol–water partition coefficient (Wildman–Crippen LogP) is 3.18. The summed E-state index contributed by atoms with van der Waals surface area (Å²) in [6.07, 6.45) is -5.10. The number of hydrogen-bond acceptors (Lipinski definition) is 4. The van der Waals surface area contributed by atoms with Gasteiger partial charge in [0, 0.05) is 31.6 Å². The lowest BCUT2D eigenvalue weighted by Crippen LogP contribution is -2.34. The molecule has 1 amide bonds. The van der Waals surface area contributed by atoms with E-state index < -0.39 is 6.36 Å². The summed E-state index contributed by atoms with van der Waals surface area (Å²) in [4.78, 5) is 13.9. The first-order valence-electron chi connectivity index (χ1n) is 7.72. The van der Waals surface area contributed by atoms with Crippen molar-refractivity contribution < 1.29 is 27.4 Å². The first-order valence-corrected chi connectivity index (χ1v) is 7.72. The van der Waals surface area contributed by atoms with Crippen molar-refractivity contribution in [2.45, 2.75) is 19.9 Å². The molecule has 0 saturated carbocycles. The number of hydrogen-bond donors (Lipinski definition) is 1. The van der Waals surface area contributed by atoms with E-state index >= 15 is 0 Å². The number of ether oxygens (including phenoxy) is 2. The second-order valence-corrected chi connectivity index (χ2v) is 6.61. The lowest BCUT2D eigenvalue weighted by Gasteiger charge is -2.22. The highest BCUT2D eigenvalue weighted by Gasteiger charge is 2.47. The second-order valence-electron chi connectivity index (χ2n) is 6.61. The van der Waals surface area contributed by atoms with Gasteiger partial charge in [0.25, 0.3) is 0 Å². The van der Waals surface area contributed by atoms with Crippen LogP contribution in [0.2, 0.25) is 0 Å². The molecule has 140 valence electrons. The maximum absolute atomic E-state index is 12.2. The monoisotopic (exact) mass is 380 g/mol. The van der Waals surface area contributed by atoms with Crippen LogP contribution in [0.25, 0.3) is 0 Å². The third kappa shape index (κ3) is 4.70. The number of carbonyl (C=O) groups excluding carboxylic acids is 1. The van der Waals surface area contributed by atoms with Gasteiger partial charge in [-0.05, 0) is 23.6 Å². The summed E-state index contributed by atoms with van der Waals surface area (Å²) in [6.45, 7) is 5.29. The Kier molecular flexibility index (Phi) is 5.73. The number of nitrogens with one attached hydrogen (secondary N) is 1. The van der Waals surface area contributed by atoms with E-state index in [0.29, 0.717) is 24.6 Å². The zero-order chi connectivity index (χ0) is 17.4. The van der Waals surface area contributed by atoms with Gasteiger partial charge >= 0.3 is 12.5 Å². The average Bonchev–Trinajstić information content (AvgIpc) is 2.99. The second kappa shape index (κ2) is 7.29. The Morgan fingerprint density at radius 2 is 2.04 bits per heavy atom. The van der Waals surface area contributed by atoms with Crippen LogP contribution in [0.3, 0.4) is 0 Å².